The van der Waals surface area contributed by atoms with E-state index in [0.717, 1.165) is 17.5 Å². The van der Waals surface area contributed by atoms with Gasteiger partial charge < -0.3 is 10.0 Å². The number of carboxylic acid groups (broad SMARTS) is 1. The summed E-state index contributed by atoms with van der Waals surface area (Å²) in [7, 11) is 0. The molecule has 96 valence electrons. The molecule has 1 aromatic carbocycles. The van der Waals surface area contributed by atoms with E-state index in [4.69, 9.17) is 5.11 Å². The first-order valence-corrected chi connectivity index (χ1v) is 6.11. The number of hydrogen-bond acceptors (Lipinski definition) is 2. The third-order valence-electron chi connectivity index (χ3n) is 3.55. The van der Waals surface area contributed by atoms with Gasteiger partial charge in [0.05, 0.1) is 0 Å². The number of nitrogens with zero attached hydrogens (tertiary/aromatic N) is 1. The predicted molar refractivity (Wildman–Crippen MR) is 67.6 cm³/mol. The topological polar surface area (TPSA) is 57.6 Å². The van der Waals surface area contributed by atoms with Gasteiger partial charge in [-0.05, 0) is 49.9 Å². The molecule has 1 aromatic rings. The Morgan fingerprint density at radius 2 is 2.00 bits per heavy atom. The van der Waals surface area contributed by atoms with E-state index >= 15 is 0 Å². The van der Waals surface area contributed by atoms with Crippen LogP contribution < -0.4 is 0 Å². The minimum absolute atomic E-state index is 0.178. The Bertz CT molecular complexity index is 496. The second-order valence-corrected chi connectivity index (χ2v) is 4.79. The molecule has 0 saturated carbocycles. The van der Waals surface area contributed by atoms with E-state index in [0.29, 0.717) is 18.5 Å². The van der Waals surface area contributed by atoms with Crippen LogP contribution in [0.25, 0.3) is 0 Å². The van der Waals surface area contributed by atoms with Gasteiger partial charge in [0.2, 0.25) is 0 Å². The van der Waals surface area contributed by atoms with E-state index in [1.165, 1.54) is 4.90 Å². The second kappa shape index (κ2) is 4.80. The number of carbonyl (C=O) groups is 2. The molecule has 1 saturated heterocycles. The minimum atomic E-state index is -0.912. The number of aryl methyl sites for hydroxylation is 2. The van der Waals surface area contributed by atoms with Crippen LogP contribution in [0.2, 0.25) is 0 Å². The summed E-state index contributed by atoms with van der Waals surface area (Å²) in [6.07, 6.45) is 1.31. The summed E-state index contributed by atoms with van der Waals surface area (Å²) < 4.78 is 0. The summed E-state index contributed by atoms with van der Waals surface area (Å²) >= 11 is 0. The van der Waals surface area contributed by atoms with Crippen molar-refractivity contribution >= 4 is 11.9 Å². The smallest absolute Gasteiger partial charge is 0.326 e. The van der Waals surface area contributed by atoms with Crippen molar-refractivity contribution < 1.29 is 14.7 Å². The van der Waals surface area contributed by atoms with E-state index < -0.39 is 12.0 Å². The first-order valence-electron chi connectivity index (χ1n) is 6.11. The highest BCUT2D eigenvalue weighted by atomic mass is 16.4. The van der Waals surface area contributed by atoms with Crippen LogP contribution >= 0.6 is 0 Å². The molecule has 1 fully saturated rings. The second-order valence-electron chi connectivity index (χ2n) is 4.79. The van der Waals surface area contributed by atoms with Crippen molar-refractivity contribution in [2.45, 2.75) is 32.7 Å². The van der Waals surface area contributed by atoms with Gasteiger partial charge in [-0.15, -0.1) is 0 Å². The standard InChI is InChI=1S/C14H17NO3/c1-9-5-6-11(8-10(9)2)13(16)15-7-3-4-12(15)14(17)18/h5-6,8,12H,3-4,7H2,1-2H3,(H,17,18)/t12-/m0/s1. The van der Waals surface area contributed by atoms with Crippen LogP contribution in [0.15, 0.2) is 18.2 Å². The third-order valence-corrected chi connectivity index (χ3v) is 3.55. The van der Waals surface area contributed by atoms with Crippen LogP contribution in [0.3, 0.4) is 0 Å². The number of amides is 1. The monoisotopic (exact) mass is 247 g/mol. The molecule has 1 aliphatic heterocycles. The van der Waals surface area contributed by atoms with Crippen LogP contribution in [0, 0.1) is 13.8 Å². The fourth-order valence-corrected chi connectivity index (χ4v) is 2.31. The van der Waals surface area contributed by atoms with Gasteiger partial charge in [-0.2, -0.15) is 0 Å². The van der Waals surface area contributed by atoms with Crippen LogP contribution in [-0.2, 0) is 4.79 Å². The zero-order valence-corrected chi connectivity index (χ0v) is 10.6. The highest BCUT2D eigenvalue weighted by molar-refractivity contribution is 5.97. The zero-order valence-electron chi connectivity index (χ0n) is 10.6. The fourth-order valence-electron chi connectivity index (χ4n) is 2.31. The predicted octanol–water partition coefficient (Wildman–Crippen LogP) is 1.99. The normalized spacial score (nSPS) is 19.0. The number of carboxylic acids is 1. The van der Waals surface area contributed by atoms with Crippen LogP contribution in [0.4, 0.5) is 0 Å². The first kappa shape index (κ1) is 12.6. The minimum Gasteiger partial charge on any atom is -0.480 e. The van der Waals surface area contributed by atoms with Crippen LogP contribution in [0.1, 0.15) is 34.3 Å². The lowest BCUT2D eigenvalue weighted by Gasteiger charge is -2.21. The summed E-state index contributed by atoms with van der Waals surface area (Å²) in [6, 6.07) is 4.82. The van der Waals surface area contributed by atoms with Gasteiger partial charge in [-0.3, -0.25) is 4.79 Å². The Balaban J connectivity index is 2.25. The van der Waals surface area contributed by atoms with Crippen molar-refractivity contribution in [3.8, 4) is 0 Å². The number of likely N-dealkylation sites (tertiary alicyclic amines) is 1. The molecule has 0 unspecified atom stereocenters. The summed E-state index contributed by atoms with van der Waals surface area (Å²) in [5, 5.41) is 9.08. The Morgan fingerprint density at radius 3 is 2.61 bits per heavy atom. The number of carbonyl (C=O) groups excluding carboxylic acids is 1. The van der Waals surface area contributed by atoms with Crippen molar-refractivity contribution in [1.82, 2.24) is 4.90 Å². The molecular formula is C14H17NO3. The molecular weight excluding hydrogens is 230 g/mol. The number of hydrogen-bond donors (Lipinski definition) is 1. The maximum atomic E-state index is 12.3. The van der Waals surface area contributed by atoms with E-state index in [-0.39, 0.29) is 5.91 Å². The van der Waals surface area contributed by atoms with Gasteiger partial charge in [0.25, 0.3) is 5.91 Å². The lowest BCUT2D eigenvalue weighted by Crippen LogP contribution is -2.40. The zero-order chi connectivity index (χ0) is 13.3. The molecule has 2 rings (SSSR count). The summed E-state index contributed by atoms with van der Waals surface area (Å²) in [5.41, 5.74) is 2.75. The highest BCUT2D eigenvalue weighted by Crippen LogP contribution is 2.21. The van der Waals surface area contributed by atoms with Gasteiger partial charge in [0.15, 0.2) is 0 Å². The quantitative estimate of drug-likeness (QED) is 0.869. The van der Waals surface area contributed by atoms with Crippen LogP contribution in [-0.4, -0.2) is 34.5 Å². The van der Waals surface area contributed by atoms with Gasteiger partial charge in [0, 0.05) is 12.1 Å². The lowest BCUT2D eigenvalue weighted by molar-refractivity contribution is -0.141. The first-order chi connectivity index (χ1) is 8.50. The van der Waals surface area contributed by atoms with Crippen molar-refractivity contribution in [2.75, 3.05) is 6.54 Å². The molecule has 1 N–H and O–H groups in total. The van der Waals surface area contributed by atoms with Gasteiger partial charge in [-0.25, -0.2) is 4.79 Å². The Labute approximate surface area is 106 Å². The molecule has 0 bridgehead atoms. The average Bonchev–Trinajstić information content (AvgIpc) is 2.81. The van der Waals surface area contributed by atoms with Crippen molar-refractivity contribution in [3.63, 3.8) is 0 Å². The van der Waals surface area contributed by atoms with E-state index in [1.54, 1.807) is 6.07 Å². The molecule has 0 aliphatic carbocycles. The van der Waals surface area contributed by atoms with Gasteiger partial charge in [-0.1, -0.05) is 6.07 Å². The molecule has 18 heavy (non-hydrogen) atoms. The summed E-state index contributed by atoms with van der Waals surface area (Å²) in [4.78, 5) is 24.8. The molecule has 0 aromatic heterocycles. The summed E-state index contributed by atoms with van der Waals surface area (Å²) in [6.45, 7) is 4.47. The Kier molecular flexibility index (Phi) is 3.36. The molecule has 1 atom stereocenters. The third kappa shape index (κ3) is 2.23. The molecule has 0 spiro atoms. The maximum Gasteiger partial charge on any atom is 0.326 e. The van der Waals surface area contributed by atoms with Crippen LogP contribution in [0.5, 0.6) is 0 Å². The van der Waals surface area contributed by atoms with Crippen molar-refractivity contribution in [1.29, 1.82) is 0 Å². The highest BCUT2D eigenvalue weighted by Gasteiger charge is 2.34. The molecule has 4 heteroatoms. The summed E-state index contributed by atoms with van der Waals surface area (Å²) in [5.74, 6) is -1.09. The molecule has 4 nitrogen and oxygen atoms in total. The van der Waals surface area contributed by atoms with E-state index in [1.807, 2.05) is 26.0 Å². The largest absolute Gasteiger partial charge is 0.480 e. The number of aliphatic carboxylic acids is 1. The van der Waals surface area contributed by atoms with E-state index in [2.05, 4.69) is 0 Å². The molecule has 1 heterocycles. The molecule has 1 amide bonds. The maximum absolute atomic E-state index is 12.3. The Hall–Kier alpha value is -1.84. The molecule has 1 aliphatic rings. The van der Waals surface area contributed by atoms with Gasteiger partial charge >= 0.3 is 5.97 Å². The van der Waals surface area contributed by atoms with E-state index in [9.17, 15) is 9.59 Å². The lowest BCUT2D eigenvalue weighted by atomic mass is 10.1. The average molecular weight is 247 g/mol. The molecule has 0 radical (unpaired) electrons. The van der Waals surface area contributed by atoms with Crippen molar-refractivity contribution in [3.05, 3.63) is 34.9 Å². The Morgan fingerprint density at radius 1 is 1.28 bits per heavy atom. The fraction of sp³-hybridized carbons (Fsp3) is 0.429. The van der Waals surface area contributed by atoms with Crippen molar-refractivity contribution in [2.24, 2.45) is 0 Å². The number of rotatable bonds is 2. The number of benzene rings is 1. The van der Waals surface area contributed by atoms with Gasteiger partial charge in [0.1, 0.15) is 6.04 Å². The SMILES string of the molecule is Cc1ccc(C(=O)N2CCC[C@H]2C(=O)O)cc1C.